The average molecular weight is 173 g/mol. The van der Waals surface area contributed by atoms with Crippen molar-refractivity contribution in [1.82, 2.24) is 4.90 Å². The van der Waals surface area contributed by atoms with Crippen LogP contribution in [0, 0.1) is 0 Å². The van der Waals surface area contributed by atoms with Crippen molar-refractivity contribution < 1.29 is 5.11 Å². The molecule has 0 bridgehead atoms. The molecule has 12 heavy (non-hydrogen) atoms. The summed E-state index contributed by atoms with van der Waals surface area (Å²) in [5.41, 5.74) is 0.336. The molecule has 0 radical (unpaired) electrons. The molecule has 0 aromatic rings. The predicted molar refractivity (Wildman–Crippen MR) is 53.3 cm³/mol. The molecule has 1 heterocycles. The highest BCUT2D eigenvalue weighted by Crippen LogP contribution is 2.27. The highest BCUT2D eigenvalue weighted by atomic mass is 16.3. The summed E-state index contributed by atoms with van der Waals surface area (Å²) in [6, 6.07) is 0. The van der Waals surface area contributed by atoms with E-state index in [1.165, 1.54) is 12.8 Å². The van der Waals surface area contributed by atoms with Crippen LogP contribution in [0.1, 0.15) is 40.5 Å². The van der Waals surface area contributed by atoms with Crippen molar-refractivity contribution in [2.75, 3.05) is 19.7 Å². The van der Waals surface area contributed by atoms with E-state index in [1.54, 1.807) is 0 Å². The van der Waals surface area contributed by atoms with Crippen LogP contribution in [0.4, 0.5) is 0 Å². The third kappa shape index (κ3) is 3.11. The van der Waals surface area contributed by atoms with Gasteiger partial charge in [0.1, 0.15) is 0 Å². The standard InChI is InChI=1S/C8H17NO.C2H6/c1-8(2)4-3-5-9(8)6-7-10;1-2/h10H,3-7H2,1-2H3;1-2H3. The number of rotatable bonds is 2. The Morgan fingerprint density at radius 2 is 1.92 bits per heavy atom. The van der Waals surface area contributed by atoms with Gasteiger partial charge in [-0.15, -0.1) is 0 Å². The molecule has 74 valence electrons. The van der Waals surface area contributed by atoms with Gasteiger partial charge in [-0.2, -0.15) is 0 Å². The molecule has 1 aliphatic heterocycles. The van der Waals surface area contributed by atoms with Crippen LogP contribution < -0.4 is 0 Å². The maximum Gasteiger partial charge on any atom is 0.0558 e. The van der Waals surface area contributed by atoms with Crippen LogP contribution in [0.15, 0.2) is 0 Å². The van der Waals surface area contributed by atoms with Gasteiger partial charge >= 0.3 is 0 Å². The van der Waals surface area contributed by atoms with Gasteiger partial charge in [-0.05, 0) is 33.2 Å². The van der Waals surface area contributed by atoms with E-state index in [0.29, 0.717) is 12.1 Å². The lowest BCUT2D eigenvalue weighted by atomic mass is 10.0. The monoisotopic (exact) mass is 173 g/mol. The summed E-state index contributed by atoms with van der Waals surface area (Å²) in [5, 5.41) is 8.72. The minimum Gasteiger partial charge on any atom is -0.395 e. The number of aliphatic hydroxyl groups excluding tert-OH is 1. The van der Waals surface area contributed by atoms with Gasteiger partial charge < -0.3 is 5.11 Å². The molecule has 2 heteroatoms. The van der Waals surface area contributed by atoms with Crippen LogP contribution in [-0.2, 0) is 0 Å². The van der Waals surface area contributed by atoms with E-state index in [9.17, 15) is 0 Å². The van der Waals surface area contributed by atoms with E-state index in [4.69, 9.17) is 5.11 Å². The maximum absolute atomic E-state index is 8.72. The Balaban J connectivity index is 0.000000561. The second kappa shape index (κ2) is 5.55. The van der Waals surface area contributed by atoms with Gasteiger partial charge in [0.25, 0.3) is 0 Å². The third-order valence-corrected chi connectivity index (χ3v) is 2.44. The lowest BCUT2D eigenvalue weighted by molar-refractivity contribution is 0.136. The first-order valence-electron chi connectivity index (χ1n) is 5.03. The van der Waals surface area contributed by atoms with E-state index in [1.807, 2.05) is 13.8 Å². The highest BCUT2D eigenvalue weighted by molar-refractivity contribution is 4.87. The predicted octanol–water partition coefficient (Wildman–Crippen LogP) is 1.88. The van der Waals surface area contributed by atoms with Crippen molar-refractivity contribution in [2.45, 2.75) is 46.1 Å². The summed E-state index contributed by atoms with van der Waals surface area (Å²) in [6.07, 6.45) is 2.56. The summed E-state index contributed by atoms with van der Waals surface area (Å²) < 4.78 is 0. The Bertz CT molecular complexity index is 112. The molecule has 0 unspecified atom stereocenters. The van der Waals surface area contributed by atoms with Crippen molar-refractivity contribution in [3.63, 3.8) is 0 Å². The molecular formula is C10H23NO. The van der Waals surface area contributed by atoms with E-state index in [2.05, 4.69) is 18.7 Å². The van der Waals surface area contributed by atoms with Crippen molar-refractivity contribution in [3.8, 4) is 0 Å². The first-order valence-corrected chi connectivity index (χ1v) is 5.03. The molecule has 0 amide bonds. The van der Waals surface area contributed by atoms with Gasteiger partial charge in [0.15, 0.2) is 0 Å². The van der Waals surface area contributed by atoms with Gasteiger partial charge in [0, 0.05) is 12.1 Å². The van der Waals surface area contributed by atoms with Crippen molar-refractivity contribution >= 4 is 0 Å². The number of hydrogen-bond donors (Lipinski definition) is 1. The summed E-state index contributed by atoms with van der Waals surface area (Å²) in [4.78, 5) is 2.35. The molecule has 1 fully saturated rings. The zero-order chi connectivity index (χ0) is 9.61. The smallest absolute Gasteiger partial charge is 0.0558 e. The Morgan fingerprint density at radius 3 is 2.25 bits per heavy atom. The largest absolute Gasteiger partial charge is 0.395 e. The van der Waals surface area contributed by atoms with E-state index in [0.717, 1.165) is 13.1 Å². The highest BCUT2D eigenvalue weighted by Gasteiger charge is 2.30. The minimum atomic E-state index is 0.295. The van der Waals surface area contributed by atoms with Crippen LogP contribution in [-0.4, -0.2) is 35.2 Å². The Hall–Kier alpha value is -0.0800. The van der Waals surface area contributed by atoms with E-state index in [-0.39, 0.29) is 0 Å². The van der Waals surface area contributed by atoms with Crippen molar-refractivity contribution in [3.05, 3.63) is 0 Å². The van der Waals surface area contributed by atoms with Gasteiger partial charge in [-0.25, -0.2) is 0 Å². The summed E-state index contributed by atoms with van der Waals surface area (Å²) in [7, 11) is 0. The molecule has 1 aliphatic rings. The molecule has 0 atom stereocenters. The summed E-state index contributed by atoms with van der Waals surface area (Å²) >= 11 is 0. The van der Waals surface area contributed by atoms with Crippen molar-refractivity contribution in [2.24, 2.45) is 0 Å². The number of β-amino-alcohol motifs (C(OH)–C–C–N with tert-alkyl or cyclic N) is 1. The molecule has 2 nitrogen and oxygen atoms in total. The van der Waals surface area contributed by atoms with Gasteiger partial charge in [0.2, 0.25) is 0 Å². The van der Waals surface area contributed by atoms with Crippen LogP contribution in [0.3, 0.4) is 0 Å². The first-order chi connectivity index (χ1) is 5.67. The quantitative estimate of drug-likeness (QED) is 0.689. The lowest BCUT2D eigenvalue weighted by Gasteiger charge is -2.30. The van der Waals surface area contributed by atoms with Crippen LogP contribution in [0.5, 0.6) is 0 Å². The Labute approximate surface area is 76.6 Å². The van der Waals surface area contributed by atoms with E-state index < -0.39 is 0 Å². The molecular weight excluding hydrogens is 150 g/mol. The molecule has 0 aromatic carbocycles. The first kappa shape index (κ1) is 11.9. The number of likely N-dealkylation sites (tertiary alicyclic amines) is 1. The van der Waals surface area contributed by atoms with Gasteiger partial charge in [-0.1, -0.05) is 13.8 Å². The second-order valence-electron chi connectivity index (χ2n) is 3.63. The second-order valence-corrected chi connectivity index (χ2v) is 3.63. The van der Waals surface area contributed by atoms with Crippen LogP contribution in [0.2, 0.25) is 0 Å². The number of nitrogens with zero attached hydrogens (tertiary/aromatic N) is 1. The minimum absolute atomic E-state index is 0.295. The lowest BCUT2D eigenvalue weighted by Crippen LogP contribution is -2.39. The number of hydrogen-bond acceptors (Lipinski definition) is 2. The Kier molecular flexibility index (Phi) is 5.51. The fraction of sp³-hybridized carbons (Fsp3) is 1.00. The van der Waals surface area contributed by atoms with Crippen LogP contribution in [0.25, 0.3) is 0 Å². The molecule has 1 saturated heterocycles. The molecule has 0 spiro atoms. The topological polar surface area (TPSA) is 23.5 Å². The molecule has 0 saturated carbocycles. The maximum atomic E-state index is 8.72. The number of aliphatic hydroxyl groups is 1. The average Bonchev–Trinajstić information content (AvgIpc) is 2.36. The molecule has 0 aliphatic carbocycles. The summed E-state index contributed by atoms with van der Waals surface area (Å²) in [6.45, 7) is 10.8. The zero-order valence-corrected chi connectivity index (χ0v) is 8.93. The molecule has 1 N–H and O–H groups in total. The normalized spacial score (nSPS) is 21.8. The Morgan fingerprint density at radius 1 is 1.33 bits per heavy atom. The summed E-state index contributed by atoms with van der Waals surface area (Å²) in [5.74, 6) is 0. The fourth-order valence-corrected chi connectivity index (χ4v) is 1.70. The third-order valence-electron chi connectivity index (χ3n) is 2.44. The van der Waals surface area contributed by atoms with Crippen LogP contribution >= 0.6 is 0 Å². The SMILES string of the molecule is CC.CC1(C)CCCN1CCO. The van der Waals surface area contributed by atoms with Gasteiger partial charge in [0.05, 0.1) is 6.61 Å². The molecule has 1 rings (SSSR count). The van der Waals surface area contributed by atoms with Gasteiger partial charge in [-0.3, -0.25) is 4.90 Å². The van der Waals surface area contributed by atoms with Crippen molar-refractivity contribution in [1.29, 1.82) is 0 Å². The molecule has 0 aromatic heterocycles. The zero-order valence-electron chi connectivity index (χ0n) is 8.93. The fourth-order valence-electron chi connectivity index (χ4n) is 1.70. The van der Waals surface area contributed by atoms with E-state index >= 15 is 0 Å².